The number of pyridine rings is 1. The molecule has 0 amide bonds. The van der Waals surface area contributed by atoms with Crippen molar-refractivity contribution in [2.24, 2.45) is 0 Å². The molecule has 82 valence electrons. The summed E-state index contributed by atoms with van der Waals surface area (Å²) in [6.45, 7) is 5.30. The average Bonchev–Trinajstić information content (AvgIpc) is 2.15. The minimum Gasteiger partial charge on any atom is -0.481 e. The van der Waals surface area contributed by atoms with Crippen LogP contribution in [0.4, 0.5) is 0 Å². The molecule has 1 N–H and O–H groups in total. The first-order valence-corrected chi connectivity index (χ1v) is 4.89. The molecule has 0 aromatic carbocycles. The lowest BCUT2D eigenvalue weighted by Crippen LogP contribution is -2.27. The first-order chi connectivity index (χ1) is 6.95. The van der Waals surface area contributed by atoms with Crippen molar-refractivity contribution in [2.75, 3.05) is 0 Å². The third-order valence-corrected chi connectivity index (χ3v) is 2.35. The Hall–Kier alpha value is -1.58. The fourth-order valence-corrected chi connectivity index (χ4v) is 1.55. The molecule has 0 saturated carbocycles. The predicted molar refractivity (Wildman–Crippen MR) is 57.1 cm³/mol. The molecule has 0 fully saturated rings. The van der Waals surface area contributed by atoms with E-state index in [1.54, 1.807) is 19.1 Å². The summed E-state index contributed by atoms with van der Waals surface area (Å²) in [5, 5.41) is 8.92. The van der Waals surface area contributed by atoms with E-state index in [9.17, 15) is 9.59 Å². The Labute approximate surface area is 88.2 Å². The lowest BCUT2D eigenvalue weighted by molar-refractivity contribution is -0.138. The van der Waals surface area contributed by atoms with Gasteiger partial charge in [-0.2, -0.15) is 0 Å². The zero-order valence-corrected chi connectivity index (χ0v) is 9.10. The normalized spacial score (nSPS) is 12.8. The molecule has 0 bridgehead atoms. The summed E-state index contributed by atoms with van der Waals surface area (Å²) in [6.07, 6.45) is 0. The molecule has 1 unspecified atom stereocenters. The summed E-state index contributed by atoms with van der Waals surface area (Å²) in [4.78, 5) is 22.4. The van der Waals surface area contributed by atoms with Crippen LogP contribution in [0.3, 0.4) is 0 Å². The van der Waals surface area contributed by atoms with Gasteiger partial charge >= 0.3 is 5.97 Å². The Morgan fingerprint density at radius 2 is 1.93 bits per heavy atom. The maximum Gasteiger partial charge on any atom is 0.312 e. The van der Waals surface area contributed by atoms with Crippen LogP contribution in [0.25, 0.3) is 0 Å². The topological polar surface area (TPSA) is 59.3 Å². The number of hydrogen-bond donors (Lipinski definition) is 1. The molecule has 1 atom stereocenters. The van der Waals surface area contributed by atoms with Gasteiger partial charge in [0.1, 0.15) is 0 Å². The van der Waals surface area contributed by atoms with E-state index >= 15 is 0 Å². The highest BCUT2D eigenvalue weighted by molar-refractivity contribution is 5.74. The standard InChI is InChI=1S/C11H15NO3/c1-7(2)12-9(8(3)11(14)15)5-4-6-10(12)13/h4-8H,1-3H3,(H,14,15). The zero-order chi connectivity index (χ0) is 11.6. The first-order valence-electron chi connectivity index (χ1n) is 4.89. The molecule has 0 aliphatic carbocycles. The van der Waals surface area contributed by atoms with E-state index in [1.807, 2.05) is 13.8 Å². The summed E-state index contributed by atoms with van der Waals surface area (Å²) in [5.41, 5.74) is 0.389. The molecule has 0 spiro atoms. The molecule has 4 nitrogen and oxygen atoms in total. The number of aromatic nitrogens is 1. The Morgan fingerprint density at radius 1 is 1.33 bits per heavy atom. The van der Waals surface area contributed by atoms with Gasteiger partial charge in [-0.25, -0.2) is 0 Å². The van der Waals surface area contributed by atoms with E-state index in [-0.39, 0.29) is 11.6 Å². The third kappa shape index (κ3) is 2.26. The van der Waals surface area contributed by atoms with Crippen molar-refractivity contribution in [1.82, 2.24) is 4.57 Å². The number of rotatable bonds is 3. The van der Waals surface area contributed by atoms with Gasteiger partial charge in [0.2, 0.25) is 0 Å². The highest BCUT2D eigenvalue weighted by Gasteiger charge is 2.18. The molecule has 4 heteroatoms. The van der Waals surface area contributed by atoms with Gasteiger partial charge in [-0.3, -0.25) is 9.59 Å². The molecule has 1 heterocycles. The molecule has 1 aromatic heterocycles. The van der Waals surface area contributed by atoms with Crippen molar-refractivity contribution < 1.29 is 9.90 Å². The van der Waals surface area contributed by atoms with E-state index < -0.39 is 11.9 Å². The van der Waals surface area contributed by atoms with E-state index in [4.69, 9.17) is 5.11 Å². The van der Waals surface area contributed by atoms with Crippen LogP contribution in [0, 0.1) is 0 Å². The second-order valence-electron chi connectivity index (χ2n) is 3.81. The van der Waals surface area contributed by atoms with Gasteiger partial charge in [0, 0.05) is 17.8 Å². The summed E-state index contributed by atoms with van der Waals surface area (Å²) >= 11 is 0. The van der Waals surface area contributed by atoms with Gasteiger partial charge in [-0.1, -0.05) is 6.07 Å². The monoisotopic (exact) mass is 209 g/mol. The minimum absolute atomic E-state index is 0.0319. The van der Waals surface area contributed by atoms with E-state index in [1.165, 1.54) is 10.6 Å². The van der Waals surface area contributed by atoms with Gasteiger partial charge in [0.15, 0.2) is 0 Å². The van der Waals surface area contributed by atoms with Crippen LogP contribution < -0.4 is 5.56 Å². The smallest absolute Gasteiger partial charge is 0.312 e. The van der Waals surface area contributed by atoms with Crippen LogP contribution in [0.2, 0.25) is 0 Å². The van der Waals surface area contributed by atoms with Crippen LogP contribution in [0.1, 0.15) is 38.4 Å². The second-order valence-corrected chi connectivity index (χ2v) is 3.81. The highest BCUT2D eigenvalue weighted by Crippen LogP contribution is 2.16. The molecule has 1 aromatic rings. The fourth-order valence-electron chi connectivity index (χ4n) is 1.55. The van der Waals surface area contributed by atoms with Gasteiger partial charge in [0.05, 0.1) is 5.92 Å². The molecular formula is C11H15NO3. The van der Waals surface area contributed by atoms with Crippen molar-refractivity contribution in [3.8, 4) is 0 Å². The Morgan fingerprint density at radius 3 is 2.40 bits per heavy atom. The molecular weight excluding hydrogens is 194 g/mol. The van der Waals surface area contributed by atoms with Gasteiger partial charge in [0.25, 0.3) is 5.56 Å². The first kappa shape index (κ1) is 11.5. The van der Waals surface area contributed by atoms with E-state index in [0.717, 1.165) is 0 Å². The van der Waals surface area contributed by atoms with Crippen LogP contribution in [-0.2, 0) is 4.79 Å². The average molecular weight is 209 g/mol. The minimum atomic E-state index is -0.921. The van der Waals surface area contributed by atoms with Gasteiger partial charge in [-0.05, 0) is 26.8 Å². The van der Waals surface area contributed by atoms with E-state index in [2.05, 4.69) is 0 Å². The fraction of sp³-hybridized carbons (Fsp3) is 0.455. The van der Waals surface area contributed by atoms with Crippen LogP contribution >= 0.6 is 0 Å². The van der Waals surface area contributed by atoms with Gasteiger partial charge in [-0.15, -0.1) is 0 Å². The predicted octanol–water partition coefficient (Wildman–Crippen LogP) is 1.62. The van der Waals surface area contributed by atoms with Crippen molar-refractivity contribution in [3.05, 3.63) is 34.2 Å². The molecule has 1 rings (SSSR count). The zero-order valence-electron chi connectivity index (χ0n) is 9.10. The Kier molecular flexibility index (Phi) is 3.29. The van der Waals surface area contributed by atoms with Crippen LogP contribution in [0.5, 0.6) is 0 Å². The second kappa shape index (κ2) is 4.29. The van der Waals surface area contributed by atoms with Crippen molar-refractivity contribution in [3.63, 3.8) is 0 Å². The number of hydrogen-bond acceptors (Lipinski definition) is 2. The lowest BCUT2D eigenvalue weighted by atomic mass is 10.1. The number of aliphatic carboxylic acids is 1. The molecule has 0 radical (unpaired) electrons. The molecule has 15 heavy (non-hydrogen) atoms. The summed E-state index contributed by atoms with van der Waals surface area (Å²) in [5.74, 6) is -1.59. The Balaban J connectivity index is 3.35. The summed E-state index contributed by atoms with van der Waals surface area (Å²) < 4.78 is 1.51. The number of carbonyl (C=O) groups is 1. The quantitative estimate of drug-likeness (QED) is 0.822. The van der Waals surface area contributed by atoms with Crippen molar-refractivity contribution in [1.29, 1.82) is 0 Å². The number of carboxylic acid groups (broad SMARTS) is 1. The van der Waals surface area contributed by atoms with Crippen LogP contribution in [-0.4, -0.2) is 15.6 Å². The largest absolute Gasteiger partial charge is 0.481 e. The van der Waals surface area contributed by atoms with E-state index in [0.29, 0.717) is 5.69 Å². The maximum atomic E-state index is 11.6. The Bertz CT molecular complexity index is 420. The summed E-state index contributed by atoms with van der Waals surface area (Å²) in [6, 6.07) is 4.68. The number of carboxylic acids is 1. The molecule has 0 aliphatic heterocycles. The van der Waals surface area contributed by atoms with Crippen LogP contribution in [0.15, 0.2) is 23.0 Å². The lowest BCUT2D eigenvalue weighted by Gasteiger charge is -2.18. The highest BCUT2D eigenvalue weighted by atomic mass is 16.4. The SMILES string of the molecule is CC(C(=O)O)c1cccc(=O)n1C(C)C. The summed E-state index contributed by atoms with van der Waals surface area (Å²) in [7, 11) is 0. The van der Waals surface area contributed by atoms with Crippen molar-refractivity contribution in [2.45, 2.75) is 32.7 Å². The molecule has 0 aliphatic rings. The number of nitrogens with zero attached hydrogens (tertiary/aromatic N) is 1. The molecule has 0 saturated heterocycles. The maximum absolute atomic E-state index is 11.6. The van der Waals surface area contributed by atoms with Gasteiger partial charge < -0.3 is 9.67 Å². The van der Waals surface area contributed by atoms with Crippen molar-refractivity contribution >= 4 is 5.97 Å². The third-order valence-electron chi connectivity index (χ3n) is 2.35.